The smallest absolute Gasteiger partial charge is 0.462 e. The minimum Gasteiger partial charge on any atom is -0.462 e. The molecule has 0 aliphatic carbocycles. The number of rotatable bonds is 75. The molecule has 0 saturated carbocycles. The molecule has 104 heavy (non-hydrogen) atoms. The summed E-state index contributed by atoms with van der Waals surface area (Å²) in [6.07, 6.45) is 85.6. The number of allylic oxidation sites excluding steroid dienone is 22. The molecular formula is C85H144O17P2. The number of aliphatic hydroxyl groups is 1. The molecule has 0 aliphatic heterocycles. The fourth-order valence-corrected chi connectivity index (χ4v) is 12.1. The summed E-state index contributed by atoms with van der Waals surface area (Å²) in [6, 6.07) is 0. The first kappa shape index (κ1) is 99.2. The number of carbonyl (C=O) groups is 4. The molecule has 0 aromatic heterocycles. The van der Waals surface area contributed by atoms with Gasteiger partial charge in [0.25, 0.3) is 0 Å². The number of aliphatic hydroxyl groups excluding tert-OH is 1. The molecule has 0 aromatic carbocycles. The maximum absolute atomic E-state index is 13.1. The standard InChI is InChI=1S/C85H144O17P2/c1-5-9-13-17-21-25-29-33-36-38-39-41-43-47-50-54-58-62-66-70-83(88)96-76-81(102-85(90)72-68-64-60-56-52-48-44-40-37-34-30-26-22-18-14-10-6-2)78-100-104(93,94)98-74-79(86)73-97-103(91,92)99-77-80(101-84(89)71-67-63-59-55-51-45-32-28-24-20-16-12-8-4)75-95-82(87)69-65-61-57-53-49-46-42-35-31-27-23-19-15-11-7-3/h9-10,13-14,21-23,25-27,33-37,39,41-42,44,47-48,50,79-81,86H,5-8,11-12,15-20,24,28-32,38,40,43,45-46,49,51-78H2,1-4H3,(H,91,92)(H,93,94)/b13-9-,14-10-,25-21-,26-22-,27-23-,36-33-,37-34-,41-39-,42-35-,48-44-,50-47-. The van der Waals surface area contributed by atoms with Crippen molar-refractivity contribution in [2.45, 2.75) is 341 Å². The number of hydrogen-bond acceptors (Lipinski definition) is 15. The molecule has 0 fully saturated rings. The third kappa shape index (κ3) is 75.4. The summed E-state index contributed by atoms with van der Waals surface area (Å²) in [6.45, 7) is 4.56. The van der Waals surface area contributed by atoms with E-state index in [9.17, 15) is 43.2 Å². The third-order valence-electron chi connectivity index (χ3n) is 16.6. The predicted octanol–water partition coefficient (Wildman–Crippen LogP) is 23.7. The number of hydrogen-bond donors (Lipinski definition) is 3. The normalized spacial score (nSPS) is 14.6. The molecule has 0 bridgehead atoms. The van der Waals surface area contributed by atoms with E-state index in [0.29, 0.717) is 25.7 Å². The fraction of sp³-hybridized carbons (Fsp3) is 0.694. The van der Waals surface area contributed by atoms with E-state index in [1.54, 1.807) is 0 Å². The van der Waals surface area contributed by atoms with Crippen molar-refractivity contribution in [3.8, 4) is 0 Å². The van der Waals surface area contributed by atoms with Gasteiger partial charge < -0.3 is 33.8 Å². The van der Waals surface area contributed by atoms with Crippen LogP contribution in [0.5, 0.6) is 0 Å². The second-order valence-electron chi connectivity index (χ2n) is 26.6. The zero-order chi connectivity index (χ0) is 76.0. The molecule has 5 unspecified atom stereocenters. The van der Waals surface area contributed by atoms with Crippen LogP contribution in [0.4, 0.5) is 0 Å². The minimum atomic E-state index is -5.00. The number of esters is 4. The van der Waals surface area contributed by atoms with E-state index in [1.165, 1.54) is 70.6 Å². The third-order valence-corrected chi connectivity index (χ3v) is 18.5. The highest BCUT2D eigenvalue weighted by Crippen LogP contribution is 2.45. The molecule has 0 saturated heterocycles. The van der Waals surface area contributed by atoms with Crippen molar-refractivity contribution in [3.05, 3.63) is 134 Å². The first-order valence-electron chi connectivity index (χ1n) is 40.4. The van der Waals surface area contributed by atoms with E-state index in [4.69, 9.17) is 37.0 Å². The maximum Gasteiger partial charge on any atom is 0.472 e. The summed E-state index contributed by atoms with van der Waals surface area (Å²) in [7, 11) is -9.98. The topological polar surface area (TPSA) is 237 Å². The van der Waals surface area contributed by atoms with E-state index in [-0.39, 0.29) is 25.7 Å². The van der Waals surface area contributed by atoms with Crippen molar-refractivity contribution in [3.63, 3.8) is 0 Å². The molecule has 596 valence electrons. The Morgan fingerprint density at radius 1 is 0.279 bits per heavy atom. The van der Waals surface area contributed by atoms with Gasteiger partial charge >= 0.3 is 39.5 Å². The van der Waals surface area contributed by atoms with Crippen molar-refractivity contribution in [1.82, 2.24) is 0 Å². The SMILES string of the molecule is CC/C=C\C/C=C\C/C=C\C/C=C\C/C=C\CCCCCC(=O)OCC(COP(=O)(O)OCC(O)COP(=O)(O)OCC(COC(=O)CCCCCCC/C=C\C/C=C\CCCCC)OC(=O)CCCCCCCCCCCCCCC)OC(=O)CCCCCC/C=C\C/C=C\C/C=C\C/C=C\CC. The molecule has 19 heteroatoms. The lowest BCUT2D eigenvalue weighted by Crippen LogP contribution is -2.30. The summed E-state index contributed by atoms with van der Waals surface area (Å²) >= 11 is 0. The largest absolute Gasteiger partial charge is 0.472 e. The van der Waals surface area contributed by atoms with Crippen LogP contribution in [0.15, 0.2) is 134 Å². The monoisotopic (exact) mass is 1500 g/mol. The van der Waals surface area contributed by atoms with Crippen LogP contribution in [0.1, 0.15) is 323 Å². The zero-order valence-electron chi connectivity index (χ0n) is 65.2. The molecule has 0 heterocycles. The van der Waals surface area contributed by atoms with Crippen LogP contribution in [0.3, 0.4) is 0 Å². The van der Waals surface area contributed by atoms with Gasteiger partial charge in [0.1, 0.15) is 19.3 Å². The van der Waals surface area contributed by atoms with Crippen molar-refractivity contribution < 1.29 is 80.2 Å². The highest BCUT2D eigenvalue weighted by atomic mass is 31.2. The van der Waals surface area contributed by atoms with Crippen LogP contribution in [0.25, 0.3) is 0 Å². The first-order valence-corrected chi connectivity index (χ1v) is 43.4. The van der Waals surface area contributed by atoms with E-state index in [2.05, 4.69) is 161 Å². The Bertz CT molecular complexity index is 2490. The van der Waals surface area contributed by atoms with Gasteiger partial charge in [0.2, 0.25) is 0 Å². The lowest BCUT2D eigenvalue weighted by molar-refractivity contribution is -0.161. The molecule has 0 aliphatic rings. The highest BCUT2D eigenvalue weighted by Gasteiger charge is 2.30. The Morgan fingerprint density at radius 3 is 0.798 bits per heavy atom. The number of unbranched alkanes of at least 4 members (excludes halogenated alkanes) is 27. The van der Waals surface area contributed by atoms with Gasteiger partial charge in [-0.05, 0) is 141 Å². The molecule has 17 nitrogen and oxygen atoms in total. The zero-order valence-corrected chi connectivity index (χ0v) is 66.9. The van der Waals surface area contributed by atoms with Gasteiger partial charge in [0.05, 0.1) is 26.4 Å². The fourth-order valence-electron chi connectivity index (χ4n) is 10.5. The molecule has 5 atom stereocenters. The molecule has 3 N–H and O–H groups in total. The molecule has 0 spiro atoms. The molecule has 0 amide bonds. The van der Waals surface area contributed by atoms with Gasteiger partial charge in [-0.3, -0.25) is 37.3 Å². The molecule has 0 rings (SSSR count). The summed E-state index contributed by atoms with van der Waals surface area (Å²) in [5.74, 6) is -2.25. The van der Waals surface area contributed by atoms with E-state index in [0.717, 1.165) is 173 Å². The van der Waals surface area contributed by atoms with E-state index < -0.39 is 97.5 Å². The summed E-state index contributed by atoms with van der Waals surface area (Å²) in [5, 5.41) is 10.6. The quantitative estimate of drug-likeness (QED) is 0.0169. The van der Waals surface area contributed by atoms with Crippen molar-refractivity contribution in [1.29, 1.82) is 0 Å². The molecule has 0 radical (unpaired) electrons. The molecular weight excluding hydrogens is 1350 g/mol. The molecule has 0 aromatic rings. The minimum absolute atomic E-state index is 0.0558. The second kappa shape index (κ2) is 76.4. The Labute approximate surface area is 631 Å². The Balaban J connectivity index is 5.42. The van der Waals surface area contributed by atoms with Crippen molar-refractivity contribution >= 4 is 39.5 Å². The summed E-state index contributed by atoms with van der Waals surface area (Å²) in [5.41, 5.74) is 0. The number of phosphoric acid groups is 2. The van der Waals surface area contributed by atoms with Crippen LogP contribution < -0.4 is 0 Å². The van der Waals surface area contributed by atoms with Crippen molar-refractivity contribution in [2.75, 3.05) is 39.6 Å². The van der Waals surface area contributed by atoms with Crippen LogP contribution in [-0.4, -0.2) is 96.7 Å². The first-order chi connectivity index (χ1) is 50.7. The lowest BCUT2D eigenvalue weighted by Gasteiger charge is -2.21. The van der Waals surface area contributed by atoms with Crippen molar-refractivity contribution in [2.24, 2.45) is 0 Å². The Morgan fingerprint density at radius 2 is 0.500 bits per heavy atom. The number of ether oxygens (including phenoxy) is 4. The Kier molecular flexibility index (Phi) is 72.9. The summed E-state index contributed by atoms with van der Waals surface area (Å²) < 4.78 is 68.6. The highest BCUT2D eigenvalue weighted by molar-refractivity contribution is 7.47. The number of phosphoric ester groups is 2. The van der Waals surface area contributed by atoms with Gasteiger partial charge in [-0.1, -0.05) is 290 Å². The van der Waals surface area contributed by atoms with Crippen LogP contribution in [0.2, 0.25) is 0 Å². The van der Waals surface area contributed by atoms with Crippen LogP contribution in [0, 0.1) is 0 Å². The van der Waals surface area contributed by atoms with E-state index in [1.807, 2.05) is 0 Å². The van der Waals surface area contributed by atoms with Gasteiger partial charge in [0.15, 0.2) is 12.2 Å². The average Bonchev–Trinajstić information content (AvgIpc) is 0.911. The van der Waals surface area contributed by atoms with Crippen LogP contribution in [-0.2, 0) is 65.4 Å². The average molecular weight is 1500 g/mol. The summed E-state index contributed by atoms with van der Waals surface area (Å²) in [4.78, 5) is 73.0. The Hall–Kier alpha value is -4.80. The second-order valence-corrected chi connectivity index (χ2v) is 29.5. The van der Waals surface area contributed by atoms with Gasteiger partial charge in [0, 0.05) is 25.7 Å². The van der Waals surface area contributed by atoms with Crippen LogP contribution >= 0.6 is 15.6 Å². The van der Waals surface area contributed by atoms with Gasteiger partial charge in [-0.25, -0.2) is 9.13 Å². The lowest BCUT2D eigenvalue weighted by atomic mass is 10.0. The van der Waals surface area contributed by atoms with Gasteiger partial charge in [-0.15, -0.1) is 0 Å². The van der Waals surface area contributed by atoms with E-state index >= 15 is 0 Å². The van der Waals surface area contributed by atoms with Gasteiger partial charge in [-0.2, -0.15) is 0 Å². The number of carbonyl (C=O) groups excluding carboxylic acids is 4. The predicted molar refractivity (Wildman–Crippen MR) is 427 cm³/mol. The maximum atomic E-state index is 13.1.